The number of nitrogens with zero attached hydrogens (tertiary/aromatic N) is 1. The monoisotopic (exact) mass is 373 g/mol. The first kappa shape index (κ1) is 14.1. The van der Waals surface area contributed by atoms with Crippen LogP contribution in [0, 0.1) is 12.8 Å². The molecule has 0 aliphatic carbocycles. The molecule has 1 unspecified atom stereocenters. The molecule has 0 saturated carbocycles. The lowest BCUT2D eigenvalue weighted by Crippen LogP contribution is -2.40. The summed E-state index contributed by atoms with van der Waals surface area (Å²) in [5, 5.41) is 0.980. The molecule has 4 heteroatoms. The predicted octanol–water partition coefficient (Wildman–Crippen LogP) is 4.00. The number of hydrogen-bond donors (Lipinski definition) is 0. The summed E-state index contributed by atoms with van der Waals surface area (Å²) in [4.78, 5) is 14.5. The van der Waals surface area contributed by atoms with E-state index >= 15 is 0 Å². The fourth-order valence-corrected chi connectivity index (χ4v) is 3.28. The van der Waals surface area contributed by atoms with Crippen LogP contribution in [-0.2, 0) is 0 Å². The first-order chi connectivity index (χ1) is 8.63. The SMILES string of the molecule is Cc1c(Br)cccc1C(=O)N1CCCC(CBr)C1. The van der Waals surface area contributed by atoms with Crippen molar-refractivity contribution in [1.82, 2.24) is 4.90 Å². The van der Waals surface area contributed by atoms with Gasteiger partial charge in [0.1, 0.15) is 0 Å². The molecule has 1 heterocycles. The maximum atomic E-state index is 12.5. The van der Waals surface area contributed by atoms with E-state index in [4.69, 9.17) is 0 Å². The van der Waals surface area contributed by atoms with E-state index in [1.54, 1.807) is 0 Å². The summed E-state index contributed by atoms with van der Waals surface area (Å²) < 4.78 is 1.00. The second kappa shape index (κ2) is 6.20. The zero-order chi connectivity index (χ0) is 13.1. The van der Waals surface area contributed by atoms with Crippen LogP contribution in [0.5, 0.6) is 0 Å². The van der Waals surface area contributed by atoms with Crippen LogP contribution in [0.3, 0.4) is 0 Å². The van der Waals surface area contributed by atoms with Gasteiger partial charge >= 0.3 is 0 Å². The van der Waals surface area contributed by atoms with Crippen molar-refractivity contribution in [2.45, 2.75) is 19.8 Å². The zero-order valence-electron chi connectivity index (χ0n) is 10.5. The minimum Gasteiger partial charge on any atom is -0.338 e. The van der Waals surface area contributed by atoms with Crippen LogP contribution >= 0.6 is 31.9 Å². The Kier molecular flexibility index (Phi) is 4.84. The summed E-state index contributed by atoms with van der Waals surface area (Å²) in [6.07, 6.45) is 2.32. The fourth-order valence-electron chi connectivity index (χ4n) is 2.38. The number of piperidine rings is 1. The van der Waals surface area contributed by atoms with Gasteiger partial charge in [-0.15, -0.1) is 0 Å². The summed E-state index contributed by atoms with van der Waals surface area (Å²) in [7, 11) is 0. The number of likely N-dealkylation sites (tertiary alicyclic amines) is 1. The average molecular weight is 375 g/mol. The van der Waals surface area contributed by atoms with Crippen molar-refractivity contribution in [3.05, 3.63) is 33.8 Å². The van der Waals surface area contributed by atoms with Crippen molar-refractivity contribution in [2.75, 3.05) is 18.4 Å². The van der Waals surface area contributed by atoms with Crippen LogP contribution in [0.2, 0.25) is 0 Å². The van der Waals surface area contributed by atoms with E-state index in [0.717, 1.165) is 40.4 Å². The van der Waals surface area contributed by atoms with E-state index in [1.165, 1.54) is 6.42 Å². The topological polar surface area (TPSA) is 20.3 Å². The van der Waals surface area contributed by atoms with E-state index in [-0.39, 0.29) is 5.91 Å². The highest BCUT2D eigenvalue weighted by atomic mass is 79.9. The third-order valence-corrected chi connectivity index (χ3v) is 5.30. The molecule has 0 bridgehead atoms. The molecule has 1 aliphatic heterocycles. The van der Waals surface area contributed by atoms with E-state index < -0.39 is 0 Å². The van der Waals surface area contributed by atoms with Gasteiger partial charge in [0, 0.05) is 28.5 Å². The van der Waals surface area contributed by atoms with Gasteiger partial charge in [0.2, 0.25) is 0 Å². The Balaban J connectivity index is 2.18. The van der Waals surface area contributed by atoms with Gasteiger partial charge in [-0.25, -0.2) is 0 Å². The van der Waals surface area contributed by atoms with Crippen molar-refractivity contribution in [3.8, 4) is 0 Å². The highest BCUT2D eigenvalue weighted by Gasteiger charge is 2.24. The van der Waals surface area contributed by atoms with Gasteiger partial charge in [0.25, 0.3) is 5.91 Å². The molecule has 0 radical (unpaired) electrons. The number of hydrogen-bond acceptors (Lipinski definition) is 1. The van der Waals surface area contributed by atoms with Crippen molar-refractivity contribution < 1.29 is 4.79 Å². The Hall–Kier alpha value is -0.350. The second-order valence-corrected chi connectivity index (χ2v) is 6.33. The maximum Gasteiger partial charge on any atom is 0.254 e. The van der Waals surface area contributed by atoms with Gasteiger partial charge in [-0.05, 0) is 43.4 Å². The molecule has 1 aromatic carbocycles. The Bertz CT molecular complexity index is 447. The number of rotatable bonds is 2. The lowest BCUT2D eigenvalue weighted by Gasteiger charge is -2.32. The number of alkyl halides is 1. The Morgan fingerprint density at radius 3 is 3.00 bits per heavy atom. The lowest BCUT2D eigenvalue weighted by molar-refractivity contribution is 0.0685. The fraction of sp³-hybridized carbons (Fsp3) is 0.500. The summed E-state index contributed by atoms with van der Waals surface area (Å²) in [5.74, 6) is 0.759. The predicted molar refractivity (Wildman–Crippen MR) is 81.3 cm³/mol. The van der Waals surface area contributed by atoms with Gasteiger partial charge in [-0.2, -0.15) is 0 Å². The van der Waals surface area contributed by atoms with Gasteiger partial charge < -0.3 is 4.90 Å². The van der Waals surface area contributed by atoms with Crippen molar-refractivity contribution in [1.29, 1.82) is 0 Å². The maximum absolute atomic E-state index is 12.5. The van der Waals surface area contributed by atoms with Crippen LogP contribution in [0.25, 0.3) is 0 Å². The van der Waals surface area contributed by atoms with Crippen LogP contribution in [0.4, 0.5) is 0 Å². The summed E-state index contributed by atoms with van der Waals surface area (Å²) in [5.41, 5.74) is 1.85. The lowest BCUT2D eigenvalue weighted by atomic mass is 9.98. The standard InChI is InChI=1S/C14H17Br2NO/c1-10-12(5-2-6-13(10)16)14(18)17-7-3-4-11(8-15)9-17/h2,5-6,11H,3-4,7-9H2,1H3. The molecule has 0 spiro atoms. The Morgan fingerprint density at radius 1 is 1.50 bits per heavy atom. The second-order valence-electron chi connectivity index (χ2n) is 4.83. The normalized spacial score (nSPS) is 19.9. The molecular weight excluding hydrogens is 358 g/mol. The number of amides is 1. The highest BCUT2D eigenvalue weighted by Crippen LogP contribution is 2.24. The first-order valence-corrected chi connectivity index (χ1v) is 8.15. The average Bonchev–Trinajstić information content (AvgIpc) is 2.41. The molecule has 98 valence electrons. The van der Waals surface area contributed by atoms with Gasteiger partial charge in [-0.3, -0.25) is 4.79 Å². The number of carbonyl (C=O) groups is 1. The molecule has 0 N–H and O–H groups in total. The molecule has 1 saturated heterocycles. The molecule has 1 amide bonds. The largest absolute Gasteiger partial charge is 0.338 e. The first-order valence-electron chi connectivity index (χ1n) is 6.24. The van der Waals surface area contributed by atoms with Crippen LogP contribution in [0.15, 0.2) is 22.7 Å². The minimum atomic E-state index is 0.166. The van der Waals surface area contributed by atoms with Crippen molar-refractivity contribution in [3.63, 3.8) is 0 Å². The smallest absolute Gasteiger partial charge is 0.254 e. The van der Waals surface area contributed by atoms with Crippen molar-refractivity contribution >= 4 is 37.8 Å². The van der Waals surface area contributed by atoms with Crippen molar-refractivity contribution in [2.24, 2.45) is 5.92 Å². The Labute approximate surface area is 125 Å². The zero-order valence-corrected chi connectivity index (χ0v) is 13.6. The van der Waals surface area contributed by atoms with Crippen LogP contribution in [-0.4, -0.2) is 29.2 Å². The van der Waals surface area contributed by atoms with Crippen LogP contribution in [0.1, 0.15) is 28.8 Å². The van der Waals surface area contributed by atoms with E-state index in [0.29, 0.717) is 5.92 Å². The highest BCUT2D eigenvalue weighted by molar-refractivity contribution is 9.10. The van der Waals surface area contributed by atoms with E-state index in [9.17, 15) is 4.79 Å². The molecule has 2 nitrogen and oxygen atoms in total. The van der Waals surface area contributed by atoms with Gasteiger partial charge in [0.15, 0.2) is 0 Å². The third-order valence-electron chi connectivity index (χ3n) is 3.52. The molecule has 1 aliphatic rings. The van der Waals surface area contributed by atoms with Gasteiger partial charge in [0.05, 0.1) is 0 Å². The number of halogens is 2. The molecule has 0 aromatic heterocycles. The summed E-state index contributed by atoms with van der Waals surface area (Å²) in [6, 6.07) is 5.82. The molecule has 1 aromatic rings. The number of carbonyl (C=O) groups excluding carboxylic acids is 1. The summed E-state index contributed by atoms with van der Waals surface area (Å²) in [6.45, 7) is 3.74. The molecular formula is C14H17Br2NO. The minimum absolute atomic E-state index is 0.166. The summed E-state index contributed by atoms with van der Waals surface area (Å²) >= 11 is 7.01. The molecule has 2 rings (SSSR count). The molecule has 18 heavy (non-hydrogen) atoms. The van der Waals surface area contributed by atoms with Crippen LogP contribution < -0.4 is 0 Å². The quantitative estimate of drug-likeness (QED) is 0.716. The number of benzene rings is 1. The molecule has 1 fully saturated rings. The van der Waals surface area contributed by atoms with Gasteiger partial charge in [-0.1, -0.05) is 37.9 Å². The van der Waals surface area contributed by atoms with E-state index in [1.807, 2.05) is 30.0 Å². The van der Waals surface area contributed by atoms with E-state index in [2.05, 4.69) is 31.9 Å². The third kappa shape index (κ3) is 2.97. The molecule has 1 atom stereocenters. The Morgan fingerprint density at radius 2 is 2.28 bits per heavy atom.